The first kappa shape index (κ1) is 20.7. The number of carbonyl (C=O) groups excluding carboxylic acids is 1. The number of ketones is 1. The summed E-state index contributed by atoms with van der Waals surface area (Å²) in [5.41, 5.74) is 5.30. The van der Waals surface area contributed by atoms with Crippen LogP contribution in [0.4, 0.5) is 0 Å². The van der Waals surface area contributed by atoms with Crippen LogP contribution in [0.15, 0.2) is 22.8 Å². The lowest BCUT2D eigenvalue weighted by Gasteiger charge is -2.48. The van der Waals surface area contributed by atoms with E-state index in [4.69, 9.17) is 4.74 Å². The van der Waals surface area contributed by atoms with E-state index in [1.165, 1.54) is 50.6 Å². The maximum atomic E-state index is 12.1. The van der Waals surface area contributed by atoms with E-state index in [-0.39, 0.29) is 11.0 Å². The van der Waals surface area contributed by atoms with Crippen LogP contribution in [-0.2, 0) is 9.53 Å². The molecule has 3 nitrogen and oxygen atoms in total. The Bertz CT molecular complexity index is 857. The fraction of sp³-hybridized carbons (Fsp3) is 0.821. The molecule has 6 rings (SSSR count). The number of nitrogens with zero attached hydrogens (tertiary/aromatic N) is 1. The third-order valence-electron chi connectivity index (χ3n) is 10.7. The molecule has 0 aromatic carbocycles. The Morgan fingerprint density at radius 2 is 2.03 bits per heavy atom. The molecule has 3 heteroatoms. The van der Waals surface area contributed by atoms with E-state index in [2.05, 4.69) is 32.7 Å². The highest BCUT2D eigenvalue weighted by molar-refractivity contribution is 5.91. The molecule has 2 saturated carbocycles. The largest absolute Gasteiger partial charge is 0.370 e. The van der Waals surface area contributed by atoms with Crippen molar-refractivity contribution in [3.63, 3.8) is 0 Å². The van der Waals surface area contributed by atoms with E-state index in [0.29, 0.717) is 17.9 Å². The maximum absolute atomic E-state index is 12.1. The molecule has 6 aliphatic rings. The quantitative estimate of drug-likeness (QED) is 0.468. The van der Waals surface area contributed by atoms with Crippen molar-refractivity contribution in [2.45, 2.75) is 103 Å². The normalized spacial score (nSPS) is 49.9. The molecule has 31 heavy (non-hydrogen) atoms. The molecule has 0 amide bonds. The molecule has 2 heterocycles. The lowest BCUT2D eigenvalue weighted by molar-refractivity contribution is -0.116. The van der Waals surface area contributed by atoms with Gasteiger partial charge in [-0.2, -0.15) is 0 Å². The molecule has 2 saturated heterocycles. The van der Waals surface area contributed by atoms with Gasteiger partial charge in [-0.3, -0.25) is 4.79 Å². The fourth-order valence-corrected chi connectivity index (χ4v) is 9.22. The van der Waals surface area contributed by atoms with Crippen molar-refractivity contribution in [3.05, 3.63) is 22.8 Å². The summed E-state index contributed by atoms with van der Waals surface area (Å²) in [6.45, 7) is 8.54. The minimum Gasteiger partial charge on any atom is -0.370 e. The third kappa shape index (κ3) is 3.09. The Morgan fingerprint density at radius 1 is 1.19 bits per heavy atom. The van der Waals surface area contributed by atoms with Gasteiger partial charge in [-0.1, -0.05) is 30.6 Å². The van der Waals surface area contributed by atoms with E-state index in [9.17, 15) is 4.79 Å². The second-order valence-electron chi connectivity index (χ2n) is 12.6. The van der Waals surface area contributed by atoms with Crippen LogP contribution in [0.3, 0.4) is 0 Å². The summed E-state index contributed by atoms with van der Waals surface area (Å²) in [4.78, 5) is 14.7. The zero-order valence-electron chi connectivity index (χ0n) is 20.1. The average molecular weight is 424 g/mol. The molecular weight excluding hydrogens is 382 g/mol. The van der Waals surface area contributed by atoms with Crippen molar-refractivity contribution in [2.75, 3.05) is 13.6 Å². The predicted octanol–water partition coefficient (Wildman–Crippen LogP) is 5.70. The molecule has 0 aromatic rings. The summed E-state index contributed by atoms with van der Waals surface area (Å²) >= 11 is 0. The van der Waals surface area contributed by atoms with Crippen LogP contribution in [0.1, 0.15) is 85.0 Å². The van der Waals surface area contributed by atoms with Crippen molar-refractivity contribution in [1.29, 1.82) is 0 Å². The fourth-order valence-electron chi connectivity index (χ4n) is 9.22. The SMILES string of the molecule is CC1=C2CC3C(CCC4=CC(=O)CCC43C)C2CCC2(C1)CC1C(CC(C)CN1C)O2. The van der Waals surface area contributed by atoms with Gasteiger partial charge in [0, 0.05) is 19.0 Å². The minimum atomic E-state index is 0.0888. The first-order valence-corrected chi connectivity index (χ1v) is 13.1. The summed E-state index contributed by atoms with van der Waals surface area (Å²) < 4.78 is 6.98. The van der Waals surface area contributed by atoms with Gasteiger partial charge >= 0.3 is 0 Å². The molecule has 0 bridgehead atoms. The van der Waals surface area contributed by atoms with Gasteiger partial charge < -0.3 is 9.64 Å². The van der Waals surface area contributed by atoms with Crippen molar-refractivity contribution in [2.24, 2.45) is 29.1 Å². The molecule has 4 fully saturated rings. The van der Waals surface area contributed by atoms with E-state index in [0.717, 1.165) is 49.4 Å². The number of hydrogen-bond acceptors (Lipinski definition) is 3. The number of hydrogen-bond donors (Lipinski definition) is 0. The number of carbonyl (C=O) groups is 1. The third-order valence-corrected chi connectivity index (χ3v) is 10.7. The van der Waals surface area contributed by atoms with E-state index < -0.39 is 0 Å². The van der Waals surface area contributed by atoms with E-state index in [1.807, 2.05) is 6.08 Å². The summed E-state index contributed by atoms with van der Waals surface area (Å²) in [5, 5.41) is 0. The van der Waals surface area contributed by atoms with Gasteiger partial charge in [0.25, 0.3) is 0 Å². The number of likely N-dealkylation sites (tertiary alicyclic amines) is 1. The number of fused-ring (bicyclic) bond motifs is 6. The van der Waals surface area contributed by atoms with Gasteiger partial charge in [0.2, 0.25) is 0 Å². The van der Waals surface area contributed by atoms with Gasteiger partial charge in [0.1, 0.15) is 0 Å². The van der Waals surface area contributed by atoms with Crippen molar-refractivity contribution in [3.8, 4) is 0 Å². The van der Waals surface area contributed by atoms with Crippen LogP contribution in [-0.4, -0.2) is 42.0 Å². The molecule has 0 aromatic heterocycles. The van der Waals surface area contributed by atoms with Gasteiger partial charge in [0.05, 0.1) is 11.7 Å². The summed E-state index contributed by atoms with van der Waals surface area (Å²) in [6, 6.07) is 0.626. The van der Waals surface area contributed by atoms with Gasteiger partial charge in [-0.25, -0.2) is 0 Å². The molecule has 2 aliphatic heterocycles. The number of piperidine rings is 1. The first-order chi connectivity index (χ1) is 14.8. The highest BCUT2D eigenvalue weighted by Gasteiger charge is 2.56. The van der Waals surface area contributed by atoms with Crippen LogP contribution in [0.2, 0.25) is 0 Å². The molecule has 0 N–H and O–H groups in total. The predicted molar refractivity (Wildman–Crippen MR) is 124 cm³/mol. The lowest BCUT2D eigenvalue weighted by Crippen LogP contribution is -2.46. The number of allylic oxidation sites excluding steroid dienone is 3. The molecule has 4 aliphatic carbocycles. The van der Waals surface area contributed by atoms with Crippen LogP contribution in [0.25, 0.3) is 0 Å². The smallest absolute Gasteiger partial charge is 0.155 e. The highest BCUT2D eigenvalue weighted by Crippen LogP contribution is 2.63. The van der Waals surface area contributed by atoms with Crippen molar-refractivity contribution in [1.82, 2.24) is 4.90 Å². The molecule has 0 radical (unpaired) electrons. The number of ether oxygens (including phenoxy) is 1. The Labute approximate surface area is 188 Å². The maximum Gasteiger partial charge on any atom is 0.155 e. The van der Waals surface area contributed by atoms with Crippen LogP contribution in [0, 0.1) is 29.1 Å². The van der Waals surface area contributed by atoms with Gasteiger partial charge in [-0.15, -0.1) is 0 Å². The van der Waals surface area contributed by atoms with Gasteiger partial charge in [0.15, 0.2) is 5.78 Å². The zero-order chi connectivity index (χ0) is 21.5. The average Bonchev–Trinajstić information content (AvgIpc) is 3.23. The Balaban J connectivity index is 1.28. The van der Waals surface area contributed by atoms with Crippen LogP contribution >= 0.6 is 0 Å². The second-order valence-corrected chi connectivity index (χ2v) is 12.6. The first-order valence-electron chi connectivity index (χ1n) is 13.1. The van der Waals surface area contributed by atoms with E-state index in [1.54, 1.807) is 11.1 Å². The van der Waals surface area contributed by atoms with Crippen molar-refractivity contribution >= 4 is 5.78 Å². The molecule has 8 unspecified atom stereocenters. The summed E-state index contributed by atoms with van der Waals surface area (Å²) in [5.74, 6) is 3.46. The van der Waals surface area contributed by atoms with Crippen LogP contribution < -0.4 is 0 Å². The summed E-state index contributed by atoms with van der Waals surface area (Å²) in [7, 11) is 2.32. The lowest BCUT2D eigenvalue weighted by atomic mass is 9.56. The molecule has 1 spiro atoms. The molecule has 170 valence electrons. The minimum absolute atomic E-state index is 0.0888. The summed E-state index contributed by atoms with van der Waals surface area (Å²) in [6.07, 6.45) is 14.3. The number of rotatable bonds is 0. The zero-order valence-corrected chi connectivity index (χ0v) is 20.1. The monoisotopic (exact) mass is 423 g/mol. The Kier molecular flexibility index (Phi) is 4.69. The van der Waals surface area contributed by atoms with Gasteiger partial charge in [-0.05, 0) is 107 Å². The van der Waals surface area contributed by atoms with Crippen LogP contribution in [0.5, 0.6) is 0 Å². The Morgan fingerprint density at radius 3 is 2.87 bits per heavy atom. The molecular formula is C28H41NO2. The topological polar surface area (TPSA) is 29.5 Å². The second kappa shape index (κ2) is 7.03. The van der Waals surface area contributed by atoms with E-state index >= 15 is 0 Å². The standard InChI is InChI=1S/C28H41NO2/c1-17-11-26-25(29(4)16-17)15-28(31-26)10-8-21-22-6-5-19-12-20(30)7-9-27(19,3)24(22)13-23(21)18(2)14-28/h12,17,21-22,24-26H,5-11,13-16H2,1-4H3. The number of likely N-dealkylation sites (N-methyl/N-ethyl adjacent to an activating group) is 1. The van der Waals surface area contributed by atoms with Crippen molar-refractivity contribution < 1.29 is 9.53 Å². The Hall–Kier alpha value is -0.930. The highest BCUT2D eigenvalue weighted by atomic mass is 16.5. The molecule has 8 atom stereocenters.